The fourth-order valence-electron chi connectivity index (χ4n) is 1.21. The number of carbonyl (C=O) groups excluding carboxylic acids is 1. The van der Waals surface area contributed by atoms with Crippen LogP contribution in [0.5, 0.6) is 5.75 Å². The molecular formula is C12H10O2S. The molecule has 0 saturated carbocycles. The van der Waals surface area contributed by atoms with Crippen LogP contribution in [-0.4, -0.2) is 5.97 Å². The van der Waals surface area contributed by atoms with Crippen LogP contribution in [-0.2, 0) is 0 Å². The van der Waals surface area contributed by atoms with Crippen LogP contribution in [0.1, 0.15) is 15.9 Å². The van der Waals surface area contributed by atoms with E-state index in [0.29, 0.717) is 11.3 Å². The Hall–Kier alpha value is -1.61. The second kappa shape index (κ2) is 4.28. The van der Waals surface area contributed by atoms with Crippen molar-refractivity contribution in [2.75, 3.05) is 0 Å². The number of benzene rings is 1. The molecule has 1 aromatic carbocycles. The van der Waals surface area contributed by atoms with E-state index < -0.39 is 0 Å². The molecule has 1 aromatic heterocycles. The predicted octanol–water partition coefficient (Wildman–Crippen LogP) is 3.28. The van der Waals surface area contributed by atoms with E-state index in [1.54, 1.807) is 17.5 Å². The van der Waals surface area contributed by atoms with Crippen molar-refractivity contribution >= 4 is 17.3 Å². The van der Waals surface area contributed by atoms with Gasteiger partial charge in [-0.3, -0.25) is 0 Å². The molecule has 0 aliphatic rings. The van der Waals surface area contributed by atoms with Gasteiger partial charge in [-0.1, -0.05) is 18.2 Å². The summed E-state index contributed by atoms with van der Waals surface area (Å²) in [5, 5.41) is 3.63. The first-order valence-electron chi connectivity index (χ1n) is 4.57. The van der Waals surface area contributed by atoms with Crippen molar-refractivity contribution in [1.82, 2.24) is 0 Å². The van der Waals surface area contributed by atoms with Crippen molar-refractivity contribution in [3.05, 3.63) is 52.2 Å². The van der Waals surface area contributed by atoms with Gasteiger partial charge in [-0.15, -0.1) is 0 Å². The quantitative estimate of drug-likeness (QED) is 0.571. The molecule has 1 heterocycles. The van der Waals surface area contributed by atoms with E-state index in [-0.39, 0.29) is 5.97 Å². The zero-order valence-corrected chi connectivity index (χ0v) is 9.08. The summed E-state index contributed by atoms with van der Waals surface area (Å²) in [5.74, 6) is 0.319. The Labute approximate surface area is 92.1 Å². The Morgan fingerprint density at radius 1 is 1.27 bits per heavy atom. The lowest BCUT2D eigenvalue weighted by Crippen LogP contribution is -2.07. The molecule has 2 aromatic rings. The van der Waals surface area contributed by atoms with Crippen molar-refractivity contribution in [3.8, 4) is 5.75 Å². The van der Waals surface area contributed by atoms with E-state index in [9.17, 15) is 4.79 Å². The van der Waals surface area contributed by atoms with Gasteiger partial charge in [0, 0.05) is 5.38 Å². The molecular weight excluding hydrogens is 208 g/mol. The first-order chi connectivity index (χ1) is 7.27. The van der Waals surface area contributed by atoms with Crippen molar-refractivity contribution in [3.63, 3.8) is 0 Å². The molecule has 0 saturated heterocycles. The minimum absolute atomic E-state index is 0.300. The van der Waals surface area contributed by atoms with Crippen LogP contribution in [0.4, 0.5) is 0 Å². The summed E-state index contributed by atoms with van der Waals surface area (Å²) in [6, 6.07) is 9.22. The summed E-state index contributed by atoms with van der Waals surface area (Å²) in [6.07, 6.45) is 0. The maximum atomic E-state index is 11.6. The average Bonchev–Trinajstić information content (AvgIpc) is 2.74. The summed E-state index contributed by atoms with van der Waals surface area (Å²) in [7, 11) is 0. The van der Waals surface area contributed by atoms with Gasteiger partial charge < -0.3 is 4.74 Å². The smallest absolute Gasteiger partial charge is 0.344 e. The third-order valence-electron chi connectivity index (χ3n) is 2.05. The first-order valence-corrected chi connectivity index (χ1v) is 5.51. The van der Waals surface area contributed by atoms with Crippen LogP contribution < -0.4 is 4.74 Å². The molecule has 0 fully saturated rings. The number of rotatable bonds is 2. The summed E-state index contributed by atoms with van der Waals surface area (Å²) in [5.41, 5.74) is 1.56. The lowest BCUT2D eigenvalue weighted by Gasteiger charge is -2.05. The van der Waals surface area contributed by atoms with Crippen LogP contribution in [0.25, 0.3) is 0 Å². The summed E-state index contributed by atoms with van der Waals surface area (Å²) in [4.78, 5) is 11.6. The Morgan fingerprint density at radius 2 is 2.07 bits per heavy atom. The molecule has 0 amide bonds. The normalized spacial score (nSPS) is 9.93. The van der Waals surface area contributed by atoms with Gasteiger partial charge in [0.15, 0.2) is 0 Å². The highest BCUT2D eigenvalue weighted by Crippen LogP contribution is 2.18. The number of thiophene rings is 1. The van der Waals surface area contributed by atoms with Crippen molar-refractivity contribution < 1.29 is 9.53 Å². The summed E-state index contributed by atoms with van der Waals surface area (Å²) < 4.78 is 5.26. The van der Waals surface area contributed by atoms with Gasteiger partial charge in [0.25, 0.3) is 0 Å². The minimum atomic E-state index is -0.300. The third kappa shape index (κ3) is 2.25. The number of ether oxygens (including phenoxy) is 1. The summed E-state index contributed by atoms with van der Waals surface area (Å²) in [6.45, 7) is 1.91. The van der Waals surface area contributed by atoms with Gasteiger partial charge in [0.1, 0.15) is 5.75 Å². The molecule has 76 valence electrons. The molecule has 3 heteroatoms. The Bertz CT molecular complexity index is 460. The van der Waals surface area contributed by atoms with E-state index in [1.807, 2.05) is 30.5 Å². The second-order valence-corrected chi connectivity index (χ2v) is 3.95. The Morgan fingerprint density at radius 3 is 2.73 bits per heavy atom. The van der Waals surface area contributed by atoms with Crippen molar-refractivity contribution in [2.24, 2.45) is 0 Å². The van der Waals surface area contributed by atoms with Gasteiger partial charge >= 0.3 is 5.97 Å². The lowest BCUT2D eigenvalue weighted by molar-refractivity contribution is 0.0734. The average molecular weight is 218 g/mol. The molecule has 0 bridgehead atoms. The Balaban J connectivity index is 2.17. The van der Waals surface area contributed by atoms with E-state index >= 15 is 0 Å². The lowest BCUT2D eigenvalue weighted by atomic mass is 10.2. The molecule has 0 aliphatic carbocycles. The van der Waals surface area contributed by atoms with Crippen LogP contribution in [0, 0.1) is 6.92 Å². The van der Waals surface area contributed by atoms with E-state index in [2.05, 4.69) is 0 Å². The molecule has 2 rings (SSSR count). The molecule has 0 N–H and O–H groups in total. The van der Waals surface area contributed by atoms with Crippen molar-refractivity contribution in [1.29, 1.82) is 0 Å². The maximum absolute atomic E-state index is 11.6. The third-order valence-corrected chi connectivity index (χ3v) is 2.74. The van der Waals surface area contributed by atoms with Gasteiger partial charge in [-0.05, 0) is 30.0 Å². The van der Waals surface area contributed by atoms with Crippen LogP contribution in [0.3, 0.4) is 0 Å². The number of aryl methyl sites for hydroxylation is 1. The van der Waals surface area contributed by atoms with E-state index in [4.69, 9.17) is 4.74 Å². The Kier molecular flexibility index (Phi) is 2.83. The summed E-state index contributed by atoms with van der Waals surface area (Å²) >= 11 is 1.48. The SMILES string of the molecule is Cc1ccccc1OC(=O)c1ccsc1. The molecule has 2 nitrogen and oxygen atoms in total. The second-order valence-electron chi connectivity index (χ2n) is 3.17. The topological polar surface area (TPSA) is 26.3 Å². The highest BCUT2D eigenvalue weighted by Gasteiger charge is 2.09. The predicted molar refractivity (Wildman–Crippen MR) is 60.5 cm³/mol. The highest BCUT2D eigenvalue weighted by atomic mass is 32.1. The zero-order chi connectivity index (χ0) is 10.7. The fourth-order valence-corrected chi connectivity index (χ4v) is 1.84. The molecule has 0 radical (unpaired) electrons. The van der Waals surface area contributed by atoms with Gasteiger partial charge in [0.05, 0.1) is 5.56 Å². The standard InChI is InChI=1S/C12H10O2S/c1-9-4-2-3-5-11(9)14-12(13)10-6-7-15-8-10/h2-8H,1H3. The molecule has 0 unspecified atom stereocenters. The fraction of sp³-hybridized carbons (Fsp3) is 0.0833. The first kappa shape index (κ1) is 9.93. The molecule has 0 aliphatic heterocycles. The number of hydrogen-bond acceptors (Lipinski definition) is 3. The highest BCUT2D eigenvalue weighted by molar-refractivity contribution is 7.08. The van der Waals surface area contributed by atoms with Gasteiger partial charge in [-0.25, -0.2) is 4.79 Å². The van der Waals surface area contributed by atoms with Crippen molar-refractivity contribution in [2.45, 2.75) is 6.92 Å². The monoisotopic (exact) mass is 218 g/mol. The van der Waals surface area contributed by atoms with Crippen LogP contribution in [0.15, 0.2) is 41.1 Å². The zero-order valence-electron chi connectivity index (χ0n) is 8.27. The molecule has 0 spiro atoms. The molecule has 15 heavy (non-hydrogen) atoms. The van der Waals surface area contributed by atoms with Gasteiger partial charge in [-0.2, -0.15) is 11.3 Å². The van der Waals surface area contributed by atoms with Gasteiger partial charge in [0.2, 0.25) is 0 Å². The number of hydrogen-bond donors (Lipinski definition) is 0. The minimum Gasteiger partial charge on any atom is -0.423 e. The van der Waals surface area contributed by atoms with E-state index in [0.717, 1.165) is 5.56 Å². The largest absolute Gasteiger partial charge is 0.423 e. The van der Waals surface area contributed by atoms with E-state index in [1.165, 1.54) is 11.3 Å². The number of esters is 1. The molecule has 0 atom stereocenters. The van der Waals surface area contributed by atoms with Crippen LogP contribution in [0.2, 0.25) is 0 Å². The van der Waals surface area contributed by atoms with Crippen LogP contribution >= 0.6 is 11.3 Å². The number of para-hydroxylation sites is 1. The number of carbonyl (C=O) groups is 1. The maximum Gasteiger partial charge on any atom is 0.344 e.